The summed E-state index contributed by atoms with van der Waals surface area (Å²) < 4.78 is 0. The number of amides is 1. The molecular formula is C10H20ClNO. The van der Waals surface area contributed by atoms with Crippen LogP contribution in [0, 0.1) is 5.92 Å². The van der Waals surface area contributed by atoms with E-state index >= 15 is 0 Å². The maximum Gasteiger partial charge on any atom is 0.220 e. The van der Waals surface area contributed by atoms with Crippen molar-refractivity contribution >= 4 is 17.5 Å². The molecule has 78 valence electrons. The number of rotatable bonds is 7. The predicted octanol–water partition coefficient (Wildman–Crippen LogP) is 2.56. The van der Waals surface area contributed by atoms with E-state index in [0.29, 0.717) is 18.2 Å². The fourth-order valence-electron chi connectivity index (χ4n) is 1.15. The van der Waals surface area contributed by atoms with Crippen LogP contribution in [0.1, 0.15) is 39.5 Å². The molecule has 0 spiro atoms. The minimum absolute atomic E-state index is 0.132. The zero-order valence-corrected chi connectivity index (χ0v) is 9.36. The summed E-state index contributed by atoms with van der Waals surface area (Å²) in [7, 11) is 0. The van der Waals surface area contributed by atoms with Crippen molar-refractivity contribution in [1.82, 2.24) is 5.32 Å². The van der Waals surface area contributed by atoms with Gasteiger partial charge in [0.1, 0.15) is 0 Å². The highest BCUT2D eigenvalue weighted by Gasteiger charge is 2.05. The van der Waals surface area contributed by atoms with E-state index in [1.165, 1.54) is 0 Å². The van der Waals surface area contributed by atoms with Crippen molar-refractivity contribution in [3.8, 4) is 0 Å². The van der Waals surface area contributed by atoms with Crippen LogP contribution in [0.25, 0.3) is 0 Å². The van der Waals surface area contributed by atoms with Gasteiger partial charge in [0.15, 0.2) is 0 Å². The smallest absolute Gasteiger partial charge is 0.220 e. The van der Waals surface area contributed by atoms with Crippen LogP contribution in [0.4, 0.5) is 0 Å². The van der Waals surface area contributed by atoms with Gasteiger partial charge in [0, 0.05) is 18.8 Å². The molecule has 0 aromatic heterocycles. The molecule has 3 heteroatoms. The van der Waals surface area contributed by atoms with E-state index < -0.39 is 0 Å². The third kappa shape index (κ3) is 6.88. The maximum absolute atomic E-state index is 11.2. The Labute approximate surface area is 86.0 Å². The molecule has 0 aliphatic carbocycles. The van der Waals surface area contributed by atoms with Gasteiger partial charge >= 0.3 is 0 Å². The van der Waals surface area contributed by atoms with Gasteiger partial charge in [-0.25, -0.2) is 0 Å². The fourth-order valence-corrected chi connectivity index (χ4v) is 1.28. The minimum atomic E-state index is 0.132. The summed E-state index contributed by atoms with van der Waals surface area (Å²) in [6.07, 6.45) is 3.60. The lowest BCUT2D eigenvalue weighted by Gasteiger charge is -2.12. The third-order valence-electron chi connectivity index (χ3n) is 2.28. The second-order valence-electron chi connectivity index (χ2n) is 3.28. The summed E-state index contributed by atoms with van der Waals surface area (Å²) in [5.41, 5.74) is 0. The molecule has 0 aromatic rings. The van der Waals surface area contributed by atoms with Crippen molar-refractivity contribution in [3.05, 3.63) is 0 Å². The summed E-state index contributed by atoms with van der Waals surface area (Å²) in [5.74, 6) is 1.32. The molecule has 1 N–H and O–H groups in total. The largest absolute Gasteiger partial charge is 0.356 e. The van der Waals surface area contributed by atoms with Crippen LogP contribution in [-0.4, -0.2) is 18.3 Å². The van der Waals surface area contributed by atoms with Gasteiger partial charge in [0.2, 0.25) is 5.91 Å². The van der Waals surface area contributed by atoms with E-state index in [1.807, 2.05) is 0 Å². The van der Waals surface area contributed by atoms with Crippen LogP contribution in [0.15, 0.2) is 0 Å². The Morgan fingerprint density at radius 2 is 2.00 bits per heavy atom. The second-order valence-corrected chi connectivity index (χ2v) is 3.66. The molecule has 0 unspecified atom stereocenters. The van der Waals surface area contributed by atoms with Crippen LogP contribution >= 0.6 is 11.6 Å². The van der Waals surface area contributed by atoms with Crippen LogP contribution in [-0.2, 0) is 4.79 Å². The van der Waals surface area contributed by atoms with Gasteiger partial charge in [0.05, 0.1) is 0 Å². The van der Waals surface area contributed by atoms with E-state index in [0.717, 1.165) is 25.8 Å². The van der Waals surface area contributed by atoms with Crippen molar-refractivity contribution in [1.29, 1.82) is 0 Å². The normalized spacial score (nSPS) is 10.5. The van der Waals surface area contributed by atoms with Crippen molar-refractivity contribution < 1.29 is 4.79 Å². The topological polar surface area (TPSA) is 29.1 Å². The minimum Gasteiger partial charge on any atom is -0.356 e. The first kappa shape index (κ1) is 12.8. The first-order valence-corrected chi connectivity index (χ1v) is 5.60. The van der Waals surface area contributed by atoms with Gasteiger partial charge in [0.25, 0.3) is 0 Å². The summed E-state index contributed by atoms with van der Waals surface area (Å²) in [4.78, 5) is 11.2. The molecule has 0 bridgehead atoms. The highest BCUT2D eigenvalue weighted by molar-refractivity contribution is 6.17. The lowest BCUT2D eigenvalue weighted by Crippen LogP contribution is -2.28. The van der Waals surface area contributed by atoms with Crippen molar-refractivity contribution in [2.24, 2.45) is 5.92 Å². The Kier molecular flexibility index (Phi) is 8.21. The summed E-state index contributed by atoms with van der Waals surface area (Å²) in [6.45, 7) is 5.12. The quantitative estimate of drug-likeness (QED) is 0.636. The Bertz CT molecular complexity index is 135. The van der Waals surface area contributed by atoms with Crippen molar-refractivity contribution in [3.63, 3.8) is 0 Å². The number of hydrogen-bond donors (Lipinski definition) is 1. The number of carbonyl (C=O) groups excluding carboxylic acids is 1. The molecule has 0 saturated carbocycles. The summed E-state index contributed by atoms with van der Waals surface area (Å²) >= 11 is 5.48. The predicted molar refractivity (Wildman–Crippen MR) is 57.0 cm³/mol. The number of nitrogens with one attached hydrogen (secondary N) is 1. The zero-order chi connectivity index (χ0) is 10.1. The molecule has 0 aliphatic rings. The lowest BCUT2D eigenvalue weighted by molar-refractivity contribution is -0.121. The van der Waals surface area contributed by atoms with Crippen molar-refractivity contribution in [2.45, 2.75) is 39.5 Å². The van der Waals surface area contributed by atoms with Gasteiger partial charge in [-0.3, -0.25) is 4.79 Å². The monoisotopic (exact) mass is 205 g/mol. The molecule has 1 amide bonds. The number of hydrogen-bond acceptors (Lipinski definition) is 1. The molecule has 0 fully saturated rings. The average molecular weight is 206 g/mol. The molecule has 0 heterocycles. The molecule has 2 nitrogen and oxygen atoms in total. The maximum atomic E-state index is 11.2. The van der Waals surface area contributed by atoms with Gasteiger partial charge in [-0.05, 0) is 12.3 Å². The average Bonchev–Trinajstić information content (AvgIpc) is 2.16. The SMILES string of the molecule is CCC(CC)CNC(=O)CCCCl. The first-order valence-electron chi connectivity index (χ1n) is 5.07. The standard InChI is InChI=1S/C10H20ClNO/c1-3-9(4-2)8-12-10(13)6-5-7-11/h9H,3-8H2,1-2H3,(H,12,13). The van der Waals surface area contributed by atoms with Gasteiger partial charge < -0.3 is 5.32 Å². The molecule has 13 heavy (non-hydrogen) atoms. The zero-order valence-electron chi connectivity index (χ0n) is 8.61. The fraction of sp³-hybridized carbons (Fsp3) is 0.900. The van der Waals surface area contributed by atoms with E-state index in [2.05, 4.69) is 19.2 Å². The Hall–Kier alpha value is -0.240. The second kappa shape index (κ2) is 8.36. The molecular weight excluding hydrogens is 186 g/mol. The van der Waals surface area contributed by atoms with E-state index in [-0.39, 0.29) is 5.91 Å². The Balaban J connectivity index is 3.44. The number of alkyl halides is 1. The molecule has 0 atom stereocenters. The summed E-state index contributed by atoms with van der Waals surface area (Å²) in [6, 6.07) is 0. The van der Waals surface area contributed by atoms with E-state index in [4.69, 9.17) is 11.6 Å². The molecule has 0 aliphatic heterocycles. The highest BCUT2D eigenvalue weighted by atomic mass is 35.5. The van der Waals surface area contributed by atoms with Crippen LogP contribution in [0.2, 0.25) is 0 Å². The van der Waals surface area contributed by atoms with E-state index in [1.54, 1.807) is 0 Å². The molecule has 0 aromatic carbocycles. The highest BCUT2D eigenvalue weighted by Crippen LogP contribution is 2.05. The lowest BCUT2D eigenvalue weighted by atomic mass is 10.0. The van der Waals surface area contributed by atoms with Gasteiger partial charge in [-0.1, -0.05) is 26.7 Å². The third-order valence-corrected chi connectivity index (χ3v) is 2.55. The van der Waals surface area contributed by atoms with Gasteiger partial charge in [-0.15, -0.1) is 11.6 Å². The number of carbonyl (C=O) groups is 1. The Morgan fingerprint density at radius 3 is 2.46 bits per heavy atom. The first-order chi connectivity index (χ1) is 6.24. The van der Waals surface area contributed by atoms with Crippen LogP contribution in [0.5, 0.6) is 0 Å². The summed E-state index contributed by atoms with van der Waals surface area (Å²) in [5, 5.41) is 2.92. The Morgan fingerprint density at radius 1 is 1.38 bits per heavy atom. The van der Waals surface area contributed by atoms with Crippen LogP contribution in [0.3, 0.4) is 0 Å². The molecule has 0 rings (SSSR count). The molecule has 0 radical (unpaired) electrons. The molecule has 0 saturated heterocycles. The van der Waals surface area contributed by atoms with E-state index in [9.17, 15) is 4.79 Å². The van der Waals surface area contributed by atoms with Crippen molar-refractivity contribution in [2.75, 3.05) is 12.4 Å². The number of halogens is 1. The van der Waals surface area contributed by atoms with Gasteiger partial charge in [-0.2, -0.15) is 0 Å². The van der Waals surface area contributed by atoms with Crippen LogP contribution < -0.4 is 5.32 Å².